The number of halogens is 1. The second-order valence-electron chi connectivity index (χ2n) is 6.73. The van der Waals surface area contributed by atoms with Gasteiger partial charge in [-0.25, -0.2) is 4.39 Å². The maximum atomic E-state index is 12.9. The maximum absolute atomic E-state index is 12.9. The molecule has 1 aromatic heterocycles. The summed E-state index contributed by atoms with van der Waals surface area (Å²) in [4.78, 5) is 18.9. The van der Waals surface area contributed by atoms with Crippen molar-refractivity contribution in [3.8, 4) is 0 Å². The Morgan fingerprint density at radius 2 is 1.96 bits per heavy atom. The fourth-order valence-corrected chi connectivity index (χ4v) is 3.07. The van der Waals surface area contributed by atoms with Gasteiger partial charge in [-0.05, 0) is 48.9 Å². The van der Waals surface area contributed by atoms with Crippen LogP contribution < -0.4 is 10.2 Å². The van der Waals surface area contributed by atoms with Gasteiger partial charge in [-0.3, -0.25) is 9.78 Å². The van der Waals surface area contributed by atoms with Crippen molar-refractivity contribution >= 4 is 11.6 Å². The Bertz CT molecular complexity index is 709. The number of pyridine rings is 1. The molecule has 4 nitrogen and oxygen atoms in total. The van der Waals surface area contributed by atoms with E-state index >= 15 is 0 Å². The summed E-state index contributed by atoms with van der Waals surface area (Å²) in [5, 5.41) is 2.91. The smallest absolute Gasteiger partial charge is 0.252 e. The van der Waals surface area contributed by atoms with Crippen LogP contribution in [0.15, 0.2) is 42.7 Å². The van der Waals surface area contributed by atoms with E-state index in [1.54, 1.807) is 18.3 Å². The van der Waals surface area contributed by atoms with Crippen molar-refractivity contribution in [1.29, 1.82) is 0 Å². The Hall–Kier alpha value is -2.43. The van der Waals surface area contributed by atoms with Crippen molar-refractivity contribution in [2.45, 2.75) is 26.2 Å². The standard InChI is InChI=1S/C20H24FN3O/c1-15-7-10-24(11-8-15)19-12-17(13-22-14-19)20(25)23-9-6-16-2-4-18(21)5-3-16/h2-5,12-15H,6-11H2,1H3,(H,23,25). The quantitative estimate of drug-likeness (QED) is 0.906. The van der Waals surface area contributed by atoms with Crippen molar-refractivity contribution < 1.29 is 9.18 Å². The molecule has 1 aliphatic rings. The molecule has 25 heavy (non-hydrogen) atoms. The van der Waals surface area contributed by atoms with Crippen molar-refractivity contribution in [2.75, 3.05) is 24.5 Å². The number of nitrogens with zero attached hydrogens (tertiary/aromatic N) is 2. The van der Waals surface area contributed by atoms with Crippen LogP contribution in [0.2, 0.25) is 0 Å². The van der Waals surface area contributed by atoms with E-state index in [1.807, 2.05) is 12.3 Å². The Morgan fingerprint density at radius 1 is 1.24 bits per heavy atom. The number of hydrogen-bond donors (Lipinski definition) is 1. The minimum absolute atomic E-state index is 0.123. The molecule has 1 amide bonds. The van der Waals surface area contributed by atoms with Crippen molar-refractivity contribution in [2.24, 2.45) is 5.92 Å². The van der Waals surface area contributed by atoms with Gasteiger partial charge in [-0.1, -0.05) is 19.1 Å². The number of nitrogens with one attached hydrogen (secondary N) is 1. The van der Waals surface area contributed by atoms with Crippen LogP contribution in [0.4, 0.5) is 10.1 Å². The van der Waals surface area contributed by atoms with Crippen LogP contribution in [0.1, 0.15) is 35.7 Å². The molecule has 3 rings (SSSR count). The third kappa shape index (κ3) is 4.78. The molecule has 2 aromatic rings. The average molecular weight is 341 g/mol. The molecule has 1 N–H and O–H groups in total. The molecule has 0 atom stereocenters. The lowest BCUT2D eigenvalue weighted by atomic mass is 9.99. The molecule has 132 valence electrons. The van der Waals surface area contributed by atoms with Crippen LogP contribution >= 0.6 is 0 Å². The Morgan fingerprint density at radius 3 is 2.68 bits per heavy atom. The third-order valence-corrected chi connectivity index (χ3v) is 4.75. The van der Waals surface area contributed by atoms with E-state index < -0.39 is 0 Å². The first kappa shape index (κ1) is 17.4. The molecule has 1 aromatic carbocycles. The largest absolute Gasteiger partial charge is 0.370 e. The Kier molecular flexibility index (Phi) is 5.64. The van der Waals surface area contributed by atoms with E-state index in [0.29, 0.717) is 18.5 Å². The first-order valence-corrected chi connectivity index (χ1v) is 8.84. The number of rotatable bonds is 5. The maximum Gasteiger partial charge on any atom is 0.252 e. The molecule has 0 saturated carbocycles. The van der Waals surface area contributed by atoms with Gasteiger partial charge in [0.2, 0.25) is 0 Å². The molecule has 2 heterocycles. The first-order chi connectivity index (χ1) is 12.1. The predicted molar refractivity (Wildman–Crippen MR) is 97.3 cm³/mol. The minimum Gasteiger partial charge on any atom is -0.370 e. The topological polar surface area (TPSA) is 45.2 Å². The van der Waals surface area contributed by atoms with Crippen LogP contribution in [0, 0.1) is 11.7 Å². The molecule has 1 saturated heterocycles. The fraction of sp³-hybridized carbons (Fsp3) is 0.400. The van der Waals surface area contributed by atoms with Crippen molar-refractivity contribution in [3.05, 3.63) is 59.7 Å². The van der Waals surface area contributed by atoms with Gasteiger partial charge in [-0.2, -0.15) is 0 Å². The molecule has 5 heteroatoms. The van der Waals surface area contributed by atoms with Gasteiger partial charge in [0.05, 0.1) is 17.4 Å². The lowest BCUT2D eigenvalue weighted by molar-refractivity contribution is 0.0954. The van der Waals surface area contributed by atoms with E-state index in [0.717, 1.165) is 30.3 Å². The lowest BCUT2D eigenvalue weighted by Crippen LogP contribution is -2.33. The Balaban J connectivity index is 1.55. The molecule has 0 spiro atoms. The molecule has 0 radical (unpaired) electrons. The second kappa shape index (κ2) is 8.10. The summed E-state index contributed by atoms with van der Waals surface area (Å²) in [7, 11) is 0. The monoisotopic (exact) mass is 341 g/mol. The number of benzene rings is 1. The van der Waals surface area contributed by atoms with E-state index in [4.69, 9.17) is 0 Å². The second-order valence-corrected chi connectivity index (χ2v) is 6.73. The third-order valence-electron chi connectivity index (χ3n) is 4.75. The van der Waals surface area contributed by atoms with Crippen LogP contribution in [0.5, 0.6) is 0 Å². The number of aromatic nitrogens is 1. The number of amides is 1. The van der Waals surface area contributed by atoms with Gasteiger partial charge in [-0.15, -0.1) is 0 Å². The van der Waals surface area contributed by atoms with E-state index in [2.05, 4.69) is 22.1 Å². The fourth-order valence-electron chi connectivity index (χ4n) is 3.07. The minimum atomic E-state index is -0.247. The van der Waals surface area contributed by atoms with E-state index in [-0.39, 0.29) is 11.7 Å². The van der Waals surface area contributed by atoms with Crippen molar-refractivity contribution in [1.82, 2.24) is 10.3 Å². The van der Waals surface area contributed by atoms with Gasteiger partial charge in [0.15, 0.2) is 0 Å². The zero-order valence-corrected chi connectivity index (χ0v) is 14.5. The highest BCUT2D eigenvalue weighted by Crippen LogP contribution is 2.22. The predicted octanol–water partition coefficient (Wildman–Crippen LogP) is 3.43. The van der Waals surface area contributed by atoms with Crippen LogP contribution in [0.25, 0.3) is 0 Å². The zero-order chi connectivity index (χ0) is 17.6. The van der Waals surface area contributed by atoms with Crippen LogP contribution in [-0.2, 0) is 6.42 Å². The molecule has 1 fully saturated rings. The van der Waals surface area contributed by atoms with Crippen LogP contribution in [0.3, 0.4) is 0 Å². The molecule has 1 aliphatic heterocycles. The lowest BCUT2D eigenvalue weighted by Gasteiger charge is -2.32. The number of piperidine rings is 1. The molecular formula is C20H24FN3O. The summed E-state index contributed by atoms with van der Waals surface area (Å²) in [5.74, 6) is 0.395. The van der Waals surface area contributed by atoms with Gasteiger partial charge >= 0.3 is 0 Å². The molecular weight excluding hydrogens is 317 g/mol. The summed E-state index contributed by atoms with van der Waals surface area (Å²) >= 11 is 0. The van der Waals surface area contributed by atoms with Gasteiger partial charge in [0.25, 0.3) is 5.91 Å². The van der Waals surface area contributed by atoms with E-state index in [9.17, 15) is 9.18 Å². The summed E-state index contributed by atoms with van der Waals surface area (Å²) in [6.45, 7) is 4.81. The number of carbonyl (C=O) groups is 1. The summed E-state index contributed by atoms with van der Waals surface area (Å²) in [6, 6.07) is 8.26. The molecule has 0 bridgehead atoms. The summed E-state index contributed by atoms with van der Waals surface area (Å²) in [6.07, 6.45) is 6.44. The Labute approximate surface area is 148 Å². The molecule has 0 aliphatic carbocycles. The summed E-state index contributed by atoms with van der Waals surface area (Å²) in [5.41, 5.74) is 2.59. The normalized spacial score (nSPS) is 15.2. The number of anilines is 1. The zero-order valence-electron chi connectivity index (χ0n) is 14.5. The number of carbonyl (C=O) groups excluding carboxylic acids is 1. The highest BCUT2D eigenvalue weighted by molar-refractivity contribution is 5.94. The van der Waals surface area contributed by atoms with Gasteiger partial charge in [0, 0.05) is 25.8 Å². The highest BCUT2D eigenvalue weighted by Gasteiger charge is 2.17. The highest BCUT2D eigenvalue weighted by atomic mass is 19.1. The van der Waals surface area contributed by atoms with Gasteiger partial charge < -0.3 is 10.2 Å². The summed E-state index contributed by atoms with van der Waals surface area (Å²) < 4.78 is 12.9. The SMILES string of the molecule is CC1CCN(c2cncc(C(=O)NCCc3ccc(F)cc3)c2)CC1. The van der Waals surface area contributed by atoms with Crippen LogP contribution in [-0.4, -0.2) is 30.5 Å². The molecule has 0 unspecified atom stereocenters. The van der Waals surface area contributed by atoms with Crippen molar-refractivity contribution in [3.63, 3.8) is 0 Å². The first-order valence-electron chi connectivity index (χ1n) is 8.84. The number of hydrogen-bond acceptors (Lipinski definition) is 3. The van der Waals surface area contributed by atoms with E-state index in [1.165, 1.54) is 25.0 Å². The average Bonchev–Trinajstić information content (AvgIpc) is 2.64. The van der Waals surface area contributed by atoms with Gasteiger partial charge in [0.1, 0.15) is 5.82 Å².